The highest BCUT2D eigenvalue weighted by atomic mass is 19.1. The van der Waals surface area contributed by atoms with E-state index in [2.05, 4.69) is 0 Å². The molecule has 3 heteroatoms. The normalized spacial score (nSPS) is 13.6. The van der Waals surface area contributed by atoms with E-state index >= 15 is 0 Å². The van der Waals surface area contributed by atoms with E-state index in [4.69, 9.17) is 0 Å². The second-order valence-electron chi connectivity index (χ2n) is 4.48. The monoisotopic (exact) mass is 226 g/mol. The van der Waals surface area contributed by atoms with Gasteiger partial charge in [-0.25, -0.2) is 8.78 Å². The van der Waals surface area contributed by atoms with Crippen LogP contribution in [0, 0.1) is 5.82 Å². The van der Waals surface area contributed by atoms with Crippen molar-refractivity contribution in [2.45, 2.75) is 38.8 Å². The van der Waals surface area contributed by atoms with E-state index in [-0.39, 0.29) is 17.9 Å². The largest absolute Gasteiger partial charge is 0.303 e. The predicted molar refractivity (Wildman–Crippen MR) is 59.6 cm³/mol. The van der Waals surface area contributed by atoms with Gasteiger partial charge in [0.2, 0.25) is 0 Å². The summed E-state index contributed by atoms with van der Waals surface area (Å²) in [5, 5.41) is 0. The Morgan fingerprint density at radius 3 is 2.56 bits per heavy atom. The van der Waals surface area contributed by atoms with Crippen LogP contribution >= 0.6 is 0 Å². The minimum atomic E-state index is -1.74. The van der Waals surface area contributed by atoms with Crippen LogP contribution in [0.1, 0.15) is 44.2 Å². The molecule has 1 atom stereocenters. The molecule has 0 heterocycles. The summed E-state index contributed by atoms with van der Waals surface area (Å²) in [6.07, 6.45) is 1.04. The molecule has 0 fully saturated rings. The van der Waals surface area contributed by atoms with Crippen LogP contribution in [0.15, 0.2) is 18.2 Å². The van der Waals surface area contributed by atoms with E-state index in [1.165, 1.54) is 19.9 Å². The van der Waals surface area contributed by atoms with Gasteiger partial charge in [0.1, 0.15) is 17.8 Å². The average molecular weight is 226 g/mol. The molecular weight excluding hydrogens is 210 g/mol. The number of rotatable bonds is 4. The van der Waals surface area contributed by atoms with Gasteiger partial charge in [-0.2, -0.15) is 0 Å². The van der Waals surface area contributed by atoms with Crippen molar-refractivity contribution in [1.82, 2.24) is 0 Å². The minimum Gasteiger partial charge on any atom is -0.303 e. The Kier molecular flexibility index (Phi) is 3.79. The van der Waals surface area contributed by atoms with Crippen LogP contribution in [0.25, 0.3) is 0 Å². The molecule has 1 unspecified atom stereocenters. The molecule has 0 aliphatic rings. The Morgan fingerprint density at radius 2 is 2.06 bits per heavy atom. The van der Waals surface area contributed by atoms with Crippen LogP contribution in [-0.4, -0.2) is 6.29 Å². The Morgan fingerprint density at radius 1 is 1.44 bits per heavy atom. The maximum Gasteiger partial charge on any atom is 0.133 e. The Bertz CT molecular complexity index is 380. The molecular formula is C13H16F2O. The maximum atomic E-state index is 13.9. The van der Waals surface area contributed by atoms with Gasteiger partial charge >= 0.3 is 0 Å². The van der Waals surface area contributed by atoms with Crippen LogP contribution in [-0.2, 0) is 10.5 Å². The van der Waals surface area contributed by atoms with Crippen molar-refractivity contribution in [3.05, 3.63) is 35.1 Å². The van der Waals surface area contributed by atoms with Crippen LogP contribution in [0.2, 0.25) is 0 Å². The second-order valence-corrected chi connectivity index (χ2v) is 4.48. The molecule has 0 N–H and O–H groups in total. The third-order valence-corrected chi connectivity index (χ3v) is 2.62. The van der Waals surface area contributed by atoms with Gasteiger partial charge in [-0.05, 0) is 31.4 Å². The Labute approximate surface area is 94.5 Å². The highest BCUT2D eigenvalue weighted by Gasteiger charge is 2.28. The summed E-state index contributed by atoms with van der Waals surface area (Å²) in [6, 6.07) is 4.46. The molecule has 0 saturated heterocycles. The van der Waals surface area contributed by atoms with E-state index in [1.54, 1.807) is 19.1 Å². The van der Waals surface area contributed by atoms with Crippen LogP contribution in [0.3, 0.4) is 0 Å². The molecule has 16 heavy (non-hydrogen) atoms. The van der Waals surface area contributed by atoms with Crippen LogP contribution < -0.4 is 0 Å². The van der Waals surface area contributed by atoms with Crippen LogP contribution in [0.4, 0.5) is 8.78 Å². The predicted octanol–water partition coefficient (Wildman–Crippen LogP) is 3.72. The number of alkyl halides is 1. The summed E-state index contributed by atoms with van der Waals surface area (Å²) in [5.41, 5.74) is -1.11. The van der Waals surface area contributed by atoms with Gasteiger partial charge in [-0.15, -0.1) is 0 Å². The zero-order valence-corrected chi connectivity index (χ0v) is 9.76. The van der Waals surface area contributed by atoms with Gasteiger partial charge in [0, 0.05) is 12.0 Å². The number of carbonyl (C=O) groups excluding carboxylic acids is 1. The molecule has 0 aliphatic carbocycles. The van der Waals surface area contributed by atoms with E-state index in [1.807, 2.05) is 0 Å². The van der Waals surface area contributed by atoms with Gasteiger partial charge in [0.15, 0.2) is 0 Å². The van der Waals surface area contributed by atoms with Crippen molar-refractivity contribution in [1.29, 1.82) is 0 Å². The smallest absolute Gasteiger partial charge is 0.133 e. The Hall–Kier alpha value is -1.25. The van der Waals surface area contributed by atoms with Crippen molar-refractivity contribution in [3.8, 4) is 0 Å². The molecule has 0 amide bonds. The van der Waals surface area contributed by atoms with Crippen molar-refractivity contribution < 1.29 is 13.6 Å². The van der Waals surface area contributed by atoms with Crippen LogP contribution in [0.5, 0.6) is 0 Å². The number of halogens is 2. The Balaban J connectivity index is 3.28. The SMILES string of the molecule is CC(CC=O)c1cccc(F)c1C(C)(C)F. The molecule has 0 aromatic heterocycles. The summed E-state index contributed by atoms with van der Waals surface area (Å²) in [7, 11) is 0. The molecule has 0 bridgehead atoms. The van der Waals surface area contributed by atoms with Crippen molar-refractivity contribution in [3.63, 3.8) is 0 Å². The van der Waals surface area contributed by atoms with Gasteiger partial charge in [-0.3, -0.25) is 0 Å². The number of hydrogen-bond acceptors (Lipinski definition) is 1. The summed E-state index contributed by atoms with van der Waals surface area (Å²) in [4.78, 5) is 10.4. The van der Waals surface area contributed by atoms with Crippen molar-refractivity contribution >= 4 is 6.29 Å². The minimum absolute atomic E-state index is 0.0596. The summed E-state index contributed by atoms with van der Waals surface area (Å²) < 4.78 is 27.5. The molecule has 1 rings (SSSR count). The summed E-state index contributed by atoms with van der Waals surface area (Å²) >= 11 is 0. The van der Waals surface area contributed by atoms with E-state index in [0.29, 0.717) is 5.56 Å². The number of hydrogen-bond donors (Lipinski definition) is 0. The van der Waals surface area contributed by atoms with Crippen molar-refractivity contribution in [2.75, 3.05) is 0 Å². The molecule has 1 aromatic carbocycles. The lowest BCUT2D eigenvalue weighted by Crippen LogP contribution is -2.16. The van der Waals surface area contributed by atoms with Gasteiger partial charge < -0.3 is 4.79 Å². The first kappa shape index (κ1) is 12.8. The lowest BCUT2D eigenvalue weighted by Gasteiger charge is -2.22. The topological polar surface area (TPSA) is 17.1 Å². The second kappa shape index (κ2) is 4.73. The molecule has 0 saturated carbocycles. The lowest BCUT2D eigenvalue weighted by molar-refractivity contribution is -0.108. The fraction of sp³-hybridized carbons (Fsp3) is 0.462. The molecule has 1 nitrogen and oxygen atoms in total. The van der Waals surface area contributed by atoms with E-state index in [9.17, 15) is 13.6 Å². The highest BCUT2D eigenvalue weighted by Crippen LogP contribution is 2.34. The third-order valence-electron chi connectivity index (χ3n) is 2.62. The van der Waals surface area contributed by atoms with Gasteiger partial charge in [0.25, 0.3) is 0 Å². The molecule has 0 aliphatic heterocycles. The average Bonchev–Trinajstić information content (AvgIpc) is 2.15. The lowest BCUT2D eigenvalue weighted by atomic mass is 9.86. The first-order chi connectivity index (χ1) is 7.38. The molecule has 0 spiro atoms. The zero-order chi connectivity index (χ0) is 12.3. The third kappa shape index (κ3) is 2.65. The van der Waals surface area contributed by atoms with E-state index in [0.717, 1.165) is 6.29 Å². The number of carbonyl (C=O) groups is 1. The van der Waals surface area contributed by atoms with Crippen molar-refractivity contribution in [2.24, 2.45) is 0 Å². The maximum absolute atomic E-state index is 13.9. The zero-order valence-electron chi connectivity index (χ0n) is 9.76. The fourth-order valence-corrected chi connectivity index (χ4v) is 1.85. The number of benzene rings is 1. The molecule has 88 valence electrons. The first-order valence-corrected chi connectivity index (χ1v) is 5.29. The van der Waals surface area contributed by atoms with Gasteiger partial charge in [-0.1, -0.05) is 19.1 Å². The molecule has 0 radical (unpaired) electrons. The first-order valence-electron chi connectivity index (χ1n) is 5.29. The summed E-state index contributed by atoms with van der Waals surface area (Å²) in [5.74, 6) is -0.721. The number of aldehydes is 1. The van der Waals surface area contributed by atoms with Gasteiger partial charge in [0.05, 0.1) is 0 Å². The highest BCUT2D eigenvalue weighted by molar-refractivity contribution is 5.52. The quantitative estimate of drug-likeness (QED) is 0.715. The molecule has 1 aromatic rings. The van der Waals surface area contributed by atoms with E-state index < -0.39 is 11.5 Å². The fourth-order valence-electron chi connectivity index (χ4n) is 1.85. The standard InChI is InChI=1S/C13H16F2O/c1-9(7-8-16)10-5-4-6-11(14)12(10)13(2,3)15/h4-6,8-9H,7H2,1-3H3. The summed E-state index contributed by atoms with van der Waals surface area (Å²) in [6.45, 7) is 4.43.